The molecule has 1 aromatic carbocycles. The highest BCUT2D eigenvalue weighted by atomic mass is 32.2. The molecule has 0 aliphatic heterocycles. The van der Waals surface area contributed by atoms with Gasteiger partial charge < -0.3 is 14.8 Å². The van der Waals surface area contributed by atoms with E-state index in [2.05, 4.69) is 14.8 Å². The molecular formula is C14H22N2O5S. The number of sulfonamides is 1. The SMILES string of the molecule is COCCNCCNS(=O)(=O)c1cccc(C(=O)OC)c1C. The Labute approximate surface area is 131 Å². The number of rotatable bonds is 9. The summed E-state index contributed by atoms with van der Waals surface area (Å²) in [6, 6.07) is 4.51. The number of hydrogen-bond acceptors (Lipinski definition) is 6. The van der Waals surface area contributed by atoms with Gasteiger partial charge in [-0.05, 0) is 24.6 Å². The molecule has 0 saturated carbocycles. The van der Waals surface area contributed by atoms with Crippen LogP contribution in [0, 0.1) is 6.92 Å². The van der Waals surface area contributed by atoms with Gasteiger partial charge in [-0.3, -0.25) is 0 Å². The fourth-order valence-corrected chi connectivity index (χ4v) is 3.18. The molecule has 0 saturated heterocycles. The quantitative estimate of drug-likeness (QED) is 0.499. The Morgan fingerprint density at radius 1 is 1.18 bits per heavy atom. The van der Waals surface area contributed by atoms with Crippen molar-refractivity contribution in [1.29, 1.82) is 0 Å². The molecule has 0 heterocycles. The van der Waals surface area contributed by atoms with Crippen LogP contribution in [0.1, 0.15) is 15.9 Å². The van der Waals surface area contributed by atoms with Gasteiger partial charge in [0.2, 0.25) is 10.0 Å². The molecule has 8 heteroatoms. The van der Waals surface area contributed by atoms with Crippen LogP contribution in [0.4, 0.5) is 0 Å². The lowest BCUT2D eigenvalue weighted by Crippen LogP contribution is -2.33. The Hall–Kier alpha value is -1.48. The van der Waals surface area contributed by atoms with Crippen molar-refractivity contribution in [3.8, 4) is 0 Å². The maximum Gasteiger partial charge on any atom is 0.338 e. The third kappa shape index (κ3) is 5.06. The van der Waals surface area contributed by atoms with Gasteiger partial charge in [-0.25, -0.2) is 17.9 Å². The molecule has 124 valence electrons. The van der Waals surface area contributed by atoms with Crippen LogP contribution in [-0.4, -0.2) is 54.8 Å². The van der Waals surface area contributed by atoms with Gasteiger partial charge in [-0.2, -0.15) is 0 Å². The number of esters is 1. The Bertz CT molecular complexity index is 601. The van der Waals surface area contributed by atoms with Gasteiger partial charge in [-0.1, -0.05) is 6.07 Å². The lowest BCUT2D eigenvalue weighted by molar-refractivity contribution is 0.0599. The third-order valence-corrected chi connectivity index (χ3v) is 4.66. The summed E-state index contributed by atoms with van der Waals surface area (Å²) >= 11 is 0. The van der Waals surface area contributed by atoms with E-state index in [0.717, 1.165) is 0 Å². The highest BCUT2D eigenvalue weighted by Crippen LogP contribution is 2.19. The molecule has 0 aliphatic carbocycles. The topological polar surface area (TPSA) is 93.7 Å². The zero-order chi connectivity index (χ0) is 16.6. The van der Waals surface area contributed by atoms with E-state index >= 15 is 0 Å². The lowest BCUT2D eigenvalue weighted by atomic mass is 10.1. The van der Waals surface area contributed by atoms with E-state index in [1.165, 1.54) is 25.3 Å². The molecule has 2 N–H and O–H groups in total. The number of carbonyl (C=O) groups excluding carboxylic acids is 1. The Morgan fingerprint density at radius 3 is 2.55 bits per heavy atom. The Morgan fingerprint density at radius 2 is 1.91 bits per heavy atom. The average molecular weight is 330 g/mol. The standard InChI is InChI=1S/C14H22N2O5S/c1-11-12(14(17)21-3)5-4-6-13(11)22(18,19)16-8-7-15-9-10-20-2/h4-6,15-16H,7-10H2,1-3H3. The molecule has 0 aromatic heterocycles. The number of carbonyl (C=O) groups is 1. The smallest absolute Gasteiger partial charge is 0.338 e. The Kier molecular flexibility index (Phi) is 7.46. The minimum atomic E-state index is -3.68. The number of ether oxygens (including phenoxy) is 2. The first kappa shape index (κ1) is 18.6. The molecule has 0 atom stereocenters. The second kappa shape index (κ2) is 8.84. The molecule has 0 spiro atoms. The van der Waals surface area contributed by atoms with Crippen molar-refractivity contribution in [3.63, 3.8) is 0 Å². The molecule has 22 heavy (non-hydrogen) atoms. The van der Waals surface area contributed by atoms with Gasteiger partial charge in [0.1, 0.15) is 0 Å². The van der Waals surface area contributed by atoms with E-state index in [-0.39, 0.29) is 17.0 Å². The van der Waals surface area contributed by atoms with Crippen LogP contribution in [-0.2, 0) is 19.5 Å². The zero-order valence-corrected chi connectivity index (χ0v) is 13.8. The van der Waals surface area contributed by atoms with Crippen LogP contribution in [0.2, 0.25) is 0 Å². The van der Waals surface area contributed by atoms with Gasteiger partial charge in [0, 0.05) is 26.7 Å². The third-order valence-electron chi connectivity index (χ3n) is 3.06. The van der Waals surface area contributed by atoms with E-state index in [1.807, 2.05) is 0 Å². The van der Waals surface area contributed by atoms with Crippen molar-refractivity contribution >= 4 is 16.0 Å². The summed E-state index contributed by atoms with van der Waals surface area (Å²) in [5, 5.41) is 3.04. The van der Waals surface area contributed by atoms with Crippen LogP contribution >= 0.6 is 0 Å². The minimum Gasteiger partial charge on any atom is -0.465 e. The molecule has 0 unspecified atom stereocenters. The first-order chi connectivity index (χ1) is 10.4. The molecule has 0 amide bonds. The van der Waals surface area contributed by atoms with Crippen LogP contribution in [0.15, 0.2) is 23.1 Å². The maximum absolute atomic E-state index is 12.3. The number of benzene rings is 1. The van der Waals surface area contributed by atoms with E-state index in [4.69, 9.17) is 4.74 Å². The molecule has 0 radical (unpaired) electrons. The van der Waals surface area contributed by atoms with Crippen LogP contribution in [0.3, 0.4) is 0 Å². The van der Waals surface area contributed by atoms with E-state index in [1.54, 1.807) is 14.0 Å². The number of methoxy groups -OCH3 is 2. The van der Waals surface area contributed by atoms with Crippen LogP contribution in [0.5, 0.6) is 0 Å². The van der Waals surface area contributed by atoms with Gasteiger partial charge in [-0.15, -0.1) is 0 Å². The summed E-state index contributed by atoms with van der Waals surface area (Å²) in [5.41, 5.74) is 0.609. The van der Waals surface area contributed by atoms with Gasteiger partial charge >= 0.3 is 5.97 Å². The van der Waals surface area contributed by atoms with Crippen molar-refractivity contribution in [2.24, 2.45) is 0 Å². The predicted molar refractivity (Wildman–Crippen MR) is 82.5 cm³/mol. The second-order valence-corrected chi connectivity index (χ2v) is 6.30. The molecule has 0 aliphatic rings. The van der Waals surface area contributed by atoms with E-state index in [9.17, 15) is 13.2 Å². The molecular weight excluding hydrogens is 308 g/mol. The summed E-state index contributed by atoms with van der Waals surface area (Å²) in [6.07, 6.45) is 0. The fraction of sp³-hybridized carbons (Fsp3) is 0.500. The van der Waals surface area contributed by atoms with Crippen molar-refractivity contribution in [3.05, 3.63) is 29.3 Å². The number of hydrogen-bond donors (Lipinski definition) is 2. The van der Waals surface area contributed by atoms with Crippen molar-refractivity contribution < 1.29 is 22.7 Å². The van der Waals surface area contributed by atoms with Crippen molar-refractivity contribution in [2.75, 3.05) is 40.5 Å². The van der Waals surface area contributed by atoms with Crippen LogP contribution in [0.25, 0.3) is 0 Å². The lowest BCUT2D eigenvalue weighted by Gasteiger charge is -2.12. The first-order valence-electron chi connectivity index (χ1n) is 6.81. The van der Waals surface area contributed by atoms with Crippen LogP contribution < -0.4 is 10.0 Å². The normalized spacial score (nSPS) is 11.4. The molecule has 1 rings (SSSR count). The average Bonchev–Trinajstić information content (AvgIpc) is 2.50. The van der Waals surface area contributed by atoms with Gasteiger partial charge in [0.25, 0.3) is 0 Å². The second-order valence-electron chi connectivity index (χ2n) is 4.56. The van der Waals surface area contributed by atoms with Crippen molar-refractivity contribution in [2.45, 2.75) is 11.8 Å². The van der Waals surface area contributed by atoms with E-state index in [0.29, 0.717) is 25.3 Å². The summed E-state index contributed by atoms with van der Waals surface area (Å²) in [5.74, 6) is -0.559. The first-order valence-corrected chi connectivity index (χ1v) is 8.29. The molecule has 7 nitrogen and oxygen atoms in total. The zero-order valence-electron chi connectivity index (χ0n) is 13.0. The molecule has 1 aromatic rings. The molecule has 0 fully saturated rings. The summed E-state index contributed by atoms with van der Waals surface area (Å²) in [6.45, 7) is 3.52. The monoisotopic (exact) mass is 330 g/mol. The summed E-state index contributed by atoms with van der Waals surface area (Å²) in [7, 11) is -0.821. The van der Waals surface area contributed by atoms with Gasteiger partial charge in [0.05, 0.1) is 24.2 Å². The summed E-state index contributed by atoms with van der Waals surface area (Å²) < 4.78 is 36.6. The predicted octanol–water partition coefficient (Wildman–Crippen LogP) is 0.296. The van der Waals surface area contributed by atoms with Gasteiger partial charge in [0.15, 0.2) is 0 Å². The number of nitrogens with one attached hydrogen (secondary N) is 2. The van der Waals surface area contributed by atoms with E-state index < -0.39 is 16.0 Å². The van der Waals surface area contributed by atoms with Crippen molar-refractivity contribution in [1.82, 2.24) is 10.0 Å². The summed E-state index contributed by atoms with van der Waals surface area (Å²) in [4.78, 5) is 11.7. The molecule has 0 bridgehead atoms. The largest absolute Gasteiger partial charge is 0.465 e. The maximum atomic E-state index is 12.3. The fourth-order valence-electron chi connectivity index (χ4n) is 1.89. The highest BCUT2D eigenvalue weighted by molar-refractivity contribution is 7.89. The minimum absolute atomic E-state index is 0.0762. The Balaban J connectivity index is 2.75. The highest BCUT2D eigenvalue weighted by Gasteiger charge is 2.20.